The van der Waals surface area contributed by atoms with Crippen LogP contribution in [-0.4, -0.2) is 65.2 Å². The third-order valence-corrected chi connectivity index (χ3v) is 5.41. The van der Waals surface area contributed by atoms with Crippen LogP contribution in [0.4, 0.5) is 22.5 Å². The molecule has 1 aliphatic heterocycles. The van der Waals surface area contributed by atoms with Crippen LogP contribution in [0.2, 0.25) is 0 Å². The molecule has 4 rings (SSSR count). The highest BCUT2D eigenvalue weighted by atomic mass is 32.1. The molecule has 142 valence electrons. The van der Waals surface area contributed by atoms with Crippen LogP contribution in [0.1, 0.15) is 0 Å². The van der Waals surface area contributed by atoms with Crippen molar-refractivity contribution in [2.24, 2.45) is 0 Å². The summed E-state index contributed by atoms with van der Waals surface area (Å²) in [5.74, 6) is 1.94. The normalized spacial score (nSPS) is 15.8. The van der Waals surface area contributed by atoms with Crippen LogP contribution < -0.4 is 21.2 Å². The Morgan fingerprint density at radius 1 is 1.15 bits per heavy atom. The number of hydrazine groups is 1. The van der Waals surface area contributed by atoms with Crippen LogP contribution >= 0.6 is 11.3 Å². The predicted octanol–water partition coefficient (Wildman–Crippen LogP) is 1.99. The van der Waals surface area contributed by atoms with E-state index in [0.717, 1.165) is 42.1 Å². The lowest BCUT2D eigenvalue weighted by molar-refractivity contribution is 0.178. The molecule has 1 aliphatic rings. The van der Waals surface area contributed by atoms with Gasteiger partial charge in [0.25, 0.3) is 0 Å². The summed E-state index contributed by atoms with van der Waals surface area (Å²) in [7, 11) is 3.77. The quantitative estimate of drug-likeness (QED) is 0.607. The number of fused-ring (bicyclic) bond motifs is 1. The summed E-state index contributed by atoms with van der Waals surface area (Å²) in [5.41, 5.74) is 10.9. The second-order valence-electron chi connectivity index (χ2n) is 6.36. The first-order valence-electron chi connectivity index (χ1n) is 8.64. The van der Waals surface area contributed by atoms with Crippen molar-refractivity contribution in [2.75, 3.05) is 56.8 Å². The molecule has 1 saturated heterocycles. The number of hydrogen-bond acceptors (Lipinski definition) is 10. The van der Waals surface area contributed by atoms with Crippen molar-refractivity contribution in [1.29, 1.82) is 0 Å². The van der Waals surface area contributed by atoms with Crippen molar-refractivity contribution in [1.82, 2.24) is 24.9 Å². The van der Waals surface area contributed by atoms with Crippen LogP contribution in [0, 0.1) is 0 Å². The Bertz CT molecular complexity index is 938. The van der Waals surface area contributed by atoms with Gasteiger partial charge in [0, 0.05) is 26.2 Å². The fraction of sp³-hybridized carbons (Fsp3) is 0.353. The van der Waals surface area contributed by atoms with Crippen molar-refractivity contribution >= 4 is 44.0 Å². The zero-order valence-corrected chi connectivity index (χ0v) is 16.1. The van der Waals surface area contributed by atoms with E-state index in [-0.39, 0.29) is 0 Å². The van der Waals surface area contributed by atoms with Crippen LogP contribution in [0.3, 0.4) is 0 Å². The summed E-state index contributed by atoms with van der Waals surface area (Å²) in [6.45, 7) is 3.81. The molecule has 0 amide bonds. The van der Waals surface area contributed by atoms with Gasteiger partial charge in [-0.1, -0.05) is 11.3 Å². The molecule has 1 fully saturated rings. The van der Waals surface area contributed by atoms with Gasteiger partial charge in [-0.3, -0.25) is 0 Å². The number of nitrogens with one attached hydrogen (secondary N) is 2. The van der Waals surface area contributed by atoms with Crippen molar-refractivity contribution in [3.8, 4) is 5.75 Å². The monoisotopic (exact) mass is 386 g/mol. The van der Waals surface area contributed by atoms with Crippen molar-refractivity contribution in [3.63, 3.8) is 0 Å². The SMILES string of the molecule is COc1ccc2nc(Nc3ncnc(NN4CCN(C)CC4)c3N)sc2c1. The lowest BCUT2D eigenvalue weighted by Gasteiger charge is -2.32. The number of piperazine rings is 1. The van der Waals surface area contributed by atoms with E-state index in [1.807, 2.05) is 18.2 Å². The number of anilines is 4. The summed E-state index contributed by atoms with van der Waals surface area (Å²) in [6, 6.07) is 5.78. The number of benzene rings is 1. The third-order valence-electron chi connectivity index (χ3n) is 4.47. The highest BCUT2D eigenvalue weighted by Crippen LogP contribution is 2.32. The van der Waals surface area contributed by atoms with E-state index in [1.54, 1.807) is 7.11 Å². The number of aromatic nitrogens is 3. The minimum absolute atomic E-state index is 0.466. The molecule has 3 aromatic rings. The molecule has 27 heavy (non-hydrogen) atoms. The number of nitrogens with zero attached hydrogens (tertiary/aromatic N) is 5. The van der Waals surface area contributed by atoms with E-state index in [1.165, 1.54) is 17.7 Å². The first-order chi connectivity index (χ1) is 13.1. The molecule has 2 aromatic heterocycles. The maximum absolute atomic E-state index is 6.29. The summed E-state index contributed by atoms with van der Waals surface area (Å²) in [5, 5.41) is 6.04. The molecule has 0 radical (unpaired) electrons. The van der Waals surface area contributed by atoms with Gasteiger partial charge in [0.15, 0.2) is 16.8 Å². The minimum atomic E-state index is 0.466. The highest BCUT2D eigenvalue weighted by Gasteiger charge is 2.17. The van der Waals surface area contributed by atoms with Crippen molar-refractivity contribution in [3.05, 3.63) is 24.5 Å². The first-order valence-corrected chi connectivity index (χ1v) is 9.46. The number of ether oxygens (including phenoxy) is 1. The Kier molecular flexibility index (Phi) is 4.92. The molecular formula is C17H22N8OS. The highest BCUT2D eigenvalue weighted by molar-refractivity contribution is 7.22. The standard InChI is InChI=1S/C17H22N8OS/c1-24-5-7-25(8-6-24)23-16-14(18)15(19-10-20-16)22-17-21-12-4-3-11(26-2)9-13(12)27-17/h3-4,9-10H,5-8,18H2,1-2H3,(H2,19,20,21,22,23). The Morgan fingerprint density at radius 2 is 1.93 bits per heavy atom. The largest absolute Gasteiger partial charge is 0.497 e. The van der Waals surface area contributed by atoms with Crippen molar-refractivity contribution in [2.45, 2.75) is 0 Å². The fourth-order valence-corrected chi connectivity index (χ4v) is 3.73. The van der Waals surface area contributed by atoms with Gasteiger partial charge in [-0.2, -0.15) is 0 Å². The smallest absolute Gasteiger partial charge is 0.189 e. The summed E-state index contributed by atoms with van der Waals surface area (Å²) < 4.78 is 6.29. The Hall–Kier alpha value is -2.69. The molecule has 0 aliphatic carbocycles. The van der Waals surface area contributed by atoms with E-state index in [0.29, 0.717) is 22.5 Å². The minimum Gasteiger partial charge on any atom is -0.497 e. The van der Waals surface area contributed by atoms with Gasteiger partial charge < -0.3 is 26.1 Å². The number of thiazole rings is 1. The molecule has 9 nitrogen and oxygen atoms in total. The van der Waals surface area contributed by atoms with Crippen LogP contribution in [0.15, 0.2) is 24.5 Å². The van der Waals surface area contributed by atoms with E-state index in [4.69, 9.17) is 10.5 Å². The number of nitrogen functional groups attached to an aromatic ring is 1. The third kappa shape index (κ3) is 3.87. The summed E-state index contributed by atoms with van der Waals surface area (Å²) >= 11 is 1.52. The molecule has 0 bridgehead atoms. The van der Waals surface area contributed by atoms with Gasteiger partial charge >= 0.3 is 0 Å². The summed E-state index contributed by atoms with van der Waals surface area (Å²) in [4.78, 5) is 15.4. The Labute approximate surface area is 161 Å². The van der Waals surface area contributed by atoms with E-state index in [9.17, 15) is 0 Å². The molecule has 1 aromatic carbocycles. The fourth-order valence-electron chi connectivity index (χ4n) is 2.84. The number of likely N-dealkylation sites (N-methyl/N-ethyl adjacent to an activating group) is 1. The first kappa shape index (κ1) is 17.7. The Balaban J connectivity index is 1.52. The number of nitrogens with two attached hydrogens (primary N) is 1. The Morgan fingerprint density at radius 3 is 2.70 bits per heavy atom. The van der Waals surface area contributed by atoms with E-state index >= 15 is 0 Å². The average Bonchev–Trinajstić information content (AvgIpc) is 3.08. The van der Waals surface area contributed by atoms with Crippen LogP contribution in [-0.2, 0) is 0 Å². The molecular weight excluding hydrogens is 364 g/mol. The zero-order valence-electron chi connectivity index (χ0n) is 15.3. The van der Waals surface area contributed by atoms with Gasteiger partial charge in [-0.05, 0) is 25.2 Å². The second-order valence-corrected chi connectivity index (χ2v) is 7.40. The maximum atomic E-state index is 6.29. The van der Waals surface area contributed by atoms with Gasteiger partial charge in [0.1, 0.15) is 17.8 Å². The molecule has 0 spiro atoms. The van der Waals surface area contributed by atoms with E-state index in [2.05, 4.69) is 42.7 Å². The summed E-state index contributed by atoms with van der Waals surface area (Å²) in [6.07, 6.45) is 1.49. The molecule has 0 unspecified atom stereocenters. The van der Waals surface area contributed by atoms with Gasteiger partial charge in [-0.15, -0.1) is 0 Å². The van der Waals surface area contributed by atoms with Gasteiger partial charge in [-0.25, -0.2) is 20.0 Å². The van der Waals surface area contributed by atoms with Crippen LogP contribution in [0.5, 0.6) is 5.75 Å². The molecule has 3 heterocycles. The number of hydrogen-bond donors (Lipinski definition) is 3. The maximum Gasteiger partial charge on any atom is 0.189 e. The number of rotatable bonds is 5. The second kappa shape index (κ2) is 7.51. The average molecular weight is 386 g/mol. The topological polar surface area (TPSA) is 104 Å². The lowest BCUT2D eigenvalue weighted by atomic mass is 10.3. The van der Waals surface area contributed by atoms with Gasteiger partial charge in [0.2, 0.25) is 0 Å². The molecule has 4 N–H and O–H groups in total. The predicted molar refractivity (Wildman–Crippen MR) is 109 cm³/mol. The van der Waals surface area contributed by atoms with Gasteiger partial charge in [0.05, 0.1) is 17.3 Å². The number of methoxy groups -OCH3 is 1. The molecule has 10 heteroatoms. The molecule has 0 atom stereocenters. The van der Waals surface area contributed by atoms with Crippen molar-refractivity contribution < 1.29 is 4.74 Å². The molecule has 0 saturated carbocycles. The lowest BCUT2D eigenvalue weighted by Crippen LogP contribution is -2.47. The zero-order chi connectivity index (χ0) is 18.8. The van der Waals surface area contributed by atoms with E-state index < -0.39 is 0 Å². The van der Waals surface area contributed by atoms with Crippen LogP contribution in [0.25, 0.3) is 10.2 Å².